The third kappa shape index (κ3) is 13.1. The van der Waals surface area contributed by atoms with Crippen LogP contribution in [0.25, 0.3) is 11.2 Å². The Hall–Kier alpha value is -6.99. The normalized spacial score (nSPS) is 16.4. The zero-order chi connectivity index (χ0) is 51.7. The maximum atomic E-state index is 13.0. The van der Waals surface area contributed by atoms with Crippen molar-refractivity contribution in [3.63, 3.8) is 0 Å². The number of hydrogen-bond acceptors (Lipinski definition) is 12. The number of nitrogens with two attached hydrogens (primary N) is 1. The molecule has 0 radical (unpaired) electrons. The summed E-state index contributed by atoms with van der Waals surface area (Å²) in [6.45, 7) is 11.5. The van der Waals surface area contributed by atoms with Gasteiger partial charge in [0.1, 0.15) is 12.1 Å². The number of nitrogens with one attached hydrogen (secondary N) is 2. The first-order chi connectivity index (χ1) is 34.2. The topological polar surface area (TPSA) is 243 Å². The smallest absolute Gasteiger partial charge is 0.294 e. The number of allylic oxidation sites excluding steroid dienone is 12. The molecule has 7 rings (SSSR count). The Kier molecular flexibility index (Phi) is 16.6. The van der Waals surface area contributed by atoms with Crippen LogP contribution in [-0.4, -0.2) is 70.6 Å². The maximum absolute atomic E-state index is 13.0. The van der Waals surface area contributed by atoms with Crippen LogP contribution < -0.4 is 20.7 Å². The van der Waals surface area contributed by atoms with E-state index in [0.717, 1.165) is 64.9 Å². The van der Waals surface area contributed by atoms with Gasteiger partial charge in [0.05, 0.1) is 16.1 Å². The van der Waals surface area contributed by atoms with Gasteiger partial charge in [0, 0.05) is 54.0 Å². The molecule has 2 aliphatic rings. The number of aromatic nitrogens is 4. The number of nitrogens with zero attached hydrogens (tertiary/aromatic N) is 5. The predicted molar refractivity (Wildman–Crippen MR) is 282 cm³/mol. The number of anilines is 2. The van der Waals surface area contributed by atoms with Crippen LogP contribution in [0.5, 0.6) is 5.88 Å². The molecule has 0 saturated heterocycles. The van der Waals surface area contributed by atoms with Crippen molar-refractivity contribution in [1.82, 2.24) is 25.3 Å². The number of hydrogen-bond donors (Lipinski definition) is 5. The second-order valence-corrected chi connectivity index (χ2v) is 21.7. The van der Waals surface area contributed by atoms with Crippen molar-refractivity contribution in [2.45, 2.75) is 107 Å². The number of fused-ring (bicyclic) bond motifs is 2. The van der Waals surface area contributed by atoms with Gasteiger partial charge in [-0.2, -0.15) is 26.8 Å². The monoisotopic (exact) mass is 1010 g/mol. The molecule has 0 unspecified atom stereocenters. The number of aliphatic imine (C=N–C) groups is 1. The highest BCUT2D eigenvalue weighted by Crippen LogP contribution is 2.48. The summed E-state index contributed by atoms with van der Waals surface area (Å²) < 4.78 is 75.1. The molecule has 2 aromatic heterocycles. The molecule has 18 heteroatoms. The highest BCUT2D eigenvalue weighted by atomic mass is 32.2. The van der Waals surface area contributed by atoms with Crippen LogP contribution in [0.2, 0.25) is 0 Å². The fourth-order valence-electron chi connectivity index (χ4n) is 8.93. The van der Waals surface area contributed by atoms with Crippen molar-refractivity contribution in [3.05, 3.63) is 167 Å². The van der Waals surface area contributed by atoms with Gasteiger partial charge < -0.3 is 25.7 Å². The first-order valence-corrected chi connectivity index (χ1v) is 26.7. The van der Waals surface area contributed by atoms with Gasteiger partial charge in [0.25, 0.3) is 20.2 Å². The van der Waals surface area contributed by atoms with Crippen molar-refractivity contribution in [3.8, 4) is 5.88 Å². The highest BCUT2D eigenvalue weighted by Gasteiger charge is 2.40. The molecular weight excluding hydrogens is 953 g/mol. The van der Waals surface area contributed by atoms with Crippen LogP contribution in [0.4, 0.5) is 11.6 Å². The summed E-state index contributed by atoms with van der Waals surface area (Å²) in [6.07, 6.45) is 25.4. The van der Waals surface area contributed by atoms with Gasteiger partial charge in [-0.25, -0.2) is 4.98 Å². The average molecular weight is 1020 g/mol. The van der Waals surface area contributed by atoms with Gasteiger partial charge in [-0.1, -0.05) is 113 Å². The number of nitrogen functional groups attached to an aromatic ring is 1. The fourth-order valence-corrected chi connectivity index (χ4v) is 9.94. The molecule has 6 N–H and O–H groups in total. The number of imidazole rings is 1. The van der Waals surface area contributed by atoms with Crippen molar-refractivity contribution >= 4 is 54.7 Å². The van der Waals surface area contributed by atoms with E-state index in [-0.39, 0.29) is 28.3 Å². The van der Waals surface area contributed by atoms with Crippen LogP contribution in [0.3, 0.4) is 0 Å². The molecule has 72 heavy (non-hydrogen) atoms. The number of carbonyl (C=O) groups is 1. The molecule has 3 aromatic carbocycles. The number of aromatic amines is 1. The predicted octanol–water partition coefficient (Wildman–Crippen LogP) is 9.54. The lowest BCUT2D eigenvalue weighted by molar-refractivity contribution is -0.121. The zero-order valence-corrected chi connectivity index (χ0v) is 42.8. The van der Waals surface area contributed by atoms with E-state index in [1.165, 1.54) is 30.6 Å². The fraction of sp³-hybridized carbons (Fsp3) is 0.315. The van der Waals surface area contributed by atoms with Crippen molar-refractivity contribution < 1.29 is 35.5 Å². The summed E-state index contributed by atoms with van der Waals surface area (Å²) in [6, 6.07) is 16.9. The standard InChI is InChI=1S/C54H62N8O8S2/c1-37-22-27-41(71(64,65)66)32-43(37)53(2,3)46(56-30-15-18-38-16-10-7-6-8-11-17-38)19-14-20-47-54(4,5)44-33-42(72(67,68)69)28-29-45(44)62(47)31-13-9-12-21-48(63)57-34-39-23-25-40(26-24-39)35-70-51-49-50(59-36-58-49)60-52(55)61-51/h6-8,10-11,14,16-17,19-20,22-29,32-33,36H,9,12-13,15,18,21,30-31,34-35H2,1-5H3,(H,57,63)(H,64,65,66)(H,67,68,69)(H3,55,58,59,60,61)/b7-6-,8-6?,10-7?,11-8-,16-10?,17-11?,19-14+,38-16?,38-17?,47-20+,56-46?. The molecule has 3 heterocycles. The van der Waals surface area contributed by atoms with E-state index in [1.54, 1.807) is 12.1 Å². The average Bonchev–Trinajstić information content (AvgIpc) is 3.87. The van der Waals surface area contributed by atoms with E-state index in [4.69, 9.17) is 15.5 Å². The number of aryl methyl sites for hydroxylation is 1. The third-order valence-electron chi connectivity index (χ3n) is 12.9. The minimum Gasteiger partial charge on any atom is -0.471 e. The first-order valence-electron chi connectivity index (χ1n) is 23.8. The lowest BCUT2D eigenvalue weighted by Crippen LogP contribution is -2.29. The van der Waals surface area contributed by atoms with Crippen molar-refractivity contribution in [1.29, 1.82) is 0 Å². The van der Waals surface area contributed by atoms with Crippen molar-refractivity contribution in [2.24, 2.45) is 4.99 Å². The van der Waals surface area contributed by atoms with Crippen LogP contribution in [0.1, 0.15) is 94.0 Å². The number of carbonyl (C=O) groups excluding carboxylic acids is 1. The summed E-state index contributed by atoms with van der Waals surface area (Å²) in [5.41, 5.74) is 12.9. The minimum atomic E-state index is -4.48. The molecule has 1 aliphatic carbocycles. The lowest BCUT2D eigenvalue weighted by atomic mass is 9.77. The molecule has 1 aliphatic heterocycles. The number of amides is 1. The van der Waals surface area contributed by atoms with Gasteiger partial charge in [0.2, 0.25) is 17.7 Å². The van der Waals surface area contributed by atoms with E-state index < -0.39 is 31.1 Å². The van der Waals surface area contributed by atoms with Crippen LogP contribution >= 0.6 is 0 Å². The zero-order valence-electron chi connectivity index (χ0n) is 41.2. The van der Waals surface area contributed by atoms with E-state index >= 15 is 0 Å². The Balaban J connectivity index is 1.03. The first kappa shape index (κ1) is 52.8. The quantitative estimate of drug-likeness (QED) is 0.0262. The number of benzene rings is 3. The Morgan fingerprint density at radius 2 is 1.61 bits per heavy atom. The summed E-state index contributed by atoms with van der Waals surface area (Å²) in [5, 5.41) is 3.01. The maximum Gasteiger partial charge on any atom is 0.294 e. The number of unbranched alkanes of at least 4 members (excludes halogenated alkanes) is 2. The summed E-state index contributed by atoms with van der Waals surface area (Å²) in [7, 11) is -8.95. The number of ether oxygens (including phenoxy) is 1. The summed E-state index contributed by atoms with van der Waals surface area (Å²) in [5.74, 6) is 0.317. The molecule has 378 valence electrons. The molecule has 0 fully saturated rings. The summed E-state index contributed by atoms with van der Waals surface area (Å²) in [4.78, 5) is 35.2. The Morgan fingerprint density at radius 1 is 0.903 bits per heavy atom. The van der Waals surface area contributed by atoms with E-state index in [1.807, 2.05) is 107 Å². The molecule has 0 spiro atoms. The molecule has 16 nitrogen and oxygen atoms in total. The Morgan fingerprint density at radius 3 is 2.38 bits per heavy atom. The number of H-pyrrole nitrogens is 1. The Labute approximate surface area is 421 Å². The van der Waals surface area contributed by atoms with Gasteiger partial charge in [-0.15, -0.1) is 0 Å². The molecule has 0 saturated carbocycles. The van der Waals surface area contributed by atoms with Crippen LogP contribution in [0, 0.1) is 6.92 Å². The lowest BCUT2D eigenvalue weighted by Gasteiger charge is -2.29. The van der Waals surface area contributed by atoms with Gasteiger partial charge >= 0.3 is 0 Å². The molecule has 0 bridgehead atoms. The van der Waals surface area contributed by atoms with E-state index in [2.05, 4.69) is 42.3 Å². The molecule has 1 amide bonds. The molecule has 0 atom stereocenters. The molecule has 5 aromatic rings. The van der Waals surface area contributed by atoms with E-state index in [9.17, 15) is 30.7 Å². The summed E-state index contributed by atoms with van der Waals surface area (Å²) >= 11 is 0. The highest BCUT2D eigenvalue weighted by molar-refractivity contribution is 7.86. The van der Waals surface area contributed by atoms with Crippen LogP contribution in [0.15, 0.2) is 154 Å². The molecular formula is C54H62N8O8S2. The van der Waals surface area contributed by atoms with Gasteiger partial charge in [-0.3, -0.25) is 18.9 Å². The largest absolute Gasteiger partial charge is 0.471 e. The van der Waals surface area contributed by atoms with Crippen molar-refractivity contribution in [2.75, 3.05) is 23.7 Å². The minimum absolute atomic E-state index is 0.0629. The second kappa shape index (κ2) is 22.6. The SMILES string of the molecule is Cc1ccc(S(=O)(=O)O)cc1C(C)(C)C(/C=C/C=C1/N(CCCCCC(=O)NCc2ccc(COc3nc(N)nc4nc[nH]c34)cc2)c2ccc(S(=O)(=O)O)cc2C1(C)C)=NCCCC1=C/C=C\C=C/C=C1. The second-order valence-electron chi connectivity index (χ2n) is 18.8. The van der Waals surface area contributed by atoms with Crippen LogP contribution in [-0.2, 0) is 49.0 Å². The van der Waals surface area contributed by atoms with Gasteiger partial charge in [-0.05, 0) is 108 Å². The number of rotatable bonds is 21. The van der Waals surface area contributed by atoms with Gasteiger partial charge in [0.15, 0.2) is 5.65 Å². The Bertz CT molecular complexity index is 3260. The van der Waals surface area contributed by atoms with E-state index in [0.29, 0.717) is 60.8 Å². The third-order valence-corrected chi connectivity index (χ3v) is 14.6.